The van der Waals surface area contributed by atoms with Crippen LogP contribution >= 0.6 is 11.6 Å². The van der Waals surface area contributed by atoms with Crippen molar-refractivity contribution in [3.63, 3.8) is 0 Å². The van der Waals surface area contributed by atoms with Crippen LogP contribution in [0.1, 0.15) is 20.3 Å². The zero-order chi connectivity index (χ0) is 15.2. The normalized spacial score (nSPS) is 13.0. The van der Waals surface area contributed by atoms with Crippen molar-refractivity contribution in [3.05, 3.63) is 23.2 Å². The highest BCUT2D eigenvalue weighted by Gasteiger charge is 2.21. The minimum absolute atomic E-state index is 0.349. The Hall–Kier alpha value is -0.980. The molecule has 0 saturated heterocycles. The molecule has 1 rings (SSSR count). The van der Waals surface area contributed by atoms with E-state index in [-0.39, 0.29) is 0 Å². The SMILES string of the molecule is CCCNCC(C)S(=O)(=O)Nc1cc(Cl)ccc1OC. The van der Waals surface area contributed by atoms with Gasteiger partial charge in [0.15, 0.2) is 0 Å². The van der Waals surface area contributed by atoms with Crippen molar-refractivity contribution in [2.45, 2.75) is 25.5 Å². The second-order valence-electron chi connectivity index (χ2n) is 4.51. The molecule has 7 heteroatoms. The number of hydrogen-bond acceptors (Lipinski definition) is 4. The third-order valence-electron chi connectivity index (χ3n) is 2.80. The number of hydrogen-bond donors (Lipinski definition) is 2. The molecular formula is C13H21ClN2O3S. The second-order valence-corrected chi connectivity index (χ2v) is 7.04. The Bertz CT molecular complexity index is 534. The summed E-state index contributed by atoms with van der Waals surface area (Å²) in [6.45, 7) is 4.87. The monoisotopic (exact) mass is 320 g/mol. The van der Waals surface area contributed by atoms with Crippen LogP contribution in [0.4, 0.5) is 5.69 Å². The first kappa shape index (κ1) is 17.1. The summed E-state index contributed by atoms with van der Waals surface area (Å²) in [6.07, 6.45) is 0.961. The zero-order valence-corrected chi connectivity index (χ0v) is 13.5. The van der Waals surface area contributed by atoms with Gasteiger partial charge in [-0.15, -0.1) is 0 Å². The van der Waals surface area contributed by atoms with E-state index in [1.54, 1.807) is 19.1 Å². The lowest BCUT2D eigenvalue weighted by Crippen LogP contribution is -2.35. The molecule has 0 aliphatic rings. The summed E-state index contributed by atoms with van der Waals surface area (Å²) in [6, 6.07) is 4.80. The number of anilines is 1. The van der Waals surface area contributed by atoms with Gasteiger partial charge in [0.2, 0.25) is 10.0 Å². The molecule has 0 aliphatic heterocycles. The molecule has 2 N–H and O–H groups in total. The second kappa shape index (κ2) is 7.71. The summed E-state index contributed by atoms with van der Waals surface area (Å²) in [4.78, 5) is 0. The standard InChI is InChI=1S/C13H21ClN2O3S/c1-4-7-15-9-10(2)20(17,18)16-12-8-11(14)5-6-13(12)19-3/h5-6,8,10,15-16H,4,7,9H2,1-3H3. The lowest BCUT2D eigenvalue weighted by atomic mass is 10.3. The summed E-state index contributed by atoms with van der Waals surface area (Å²) < 4.78 is 32.1. The van der Waals surface area contributed by atoms with E-state index in [0.29, 0.717) is 23.0 Å². The minimum Gasteiger partial charge on any atom is -0.495 e. The van der Waals surface area contributed by atoms with Crippen molar-refractivity contribution in [1.82, 2.24) is 5.32 Å². The Morgan fingerprint density at radius 3 is 2.70 bits per heavy atom. The lowest BCUT2D eigenvalue weighted by Gasteiger charge is -2.17. The van der Waals surface area contributed by atoms with Gasteiger partial charge in [0.25, 0.3) is 0 Å². The van der Waals surface area contributed by atoms with Gasteiger partial charge in [0.05, 0.1) is 18.0 Å². The zero-order valence-electron chi connectivity index (χ0n) is 11.9. The fraction of sp³-hybridized carbons (Fsp3) is 0.538. The van der Waals surface area contributed by atoms with Crippen LogP contribution in [-0.4, -0.2) is 33.9 Å². The first-order chi connectivity index (χ1) is 9.40. The number of nitrogens with one attached hydrogen (secondary N) is 2. The summed E-state index contributed by atoms with van der Waals surface area (Å²) in [5.41, 5.74) is 0.349. The smallest absolute Gasteiger partial charge is 0.236 e. The summed E-state index contributed by atoms with van der Waals surface area (Å²) in [7, 11) is -2.01. The van der Waals surface area contributed by atoms with Crippen LogP contribution in [0.3, 0.4) is 0 Å². The molecule has 0 aliphatic carbocycles. The van der Waals surface area contributed by atoms with Crippen LogP contribution in [-0.2, 0) is 10.0 Å². The first-order valence-corrected chi connectivity index (χ1v) is 8.39. The molecule has 1 aromatic rings. The van der Waals surface area contributed by atoms with Crippen LogP contribution < -0.4 is 14.8 Å². The molecule has 1 unspecified atom stereocenters. The van der Waals surface area contributed by atoms with Crippen LogP contribution in [0.15, 0.2) is 18.2 Å². The topological polar surface area (TPSA) is 67.4 Å². The van der Waals surface area contributed by atoms with Gasteiger partial charge in [0.1, 0.15) is 5.75 Å². The maximum Gasteiger partial charge on any atom is 0.236 e. The highest BCUT2D eigenvalue weighted by Crippen LogP contribution is 2.29. The molecule has 0 bridgehead atoms. The Morgan fingerprint density at radius 2 is 2.10 bits per heavy atom. The average molecular weight is 321 g/mol. The molecule has 0 saturated carbocycles. The van der Waals surface area contributed by atoms with Crippen LogP contribution in [0.25, 0.3) is 0 Å². The summed E-state index contributed by atoms with van der Waals surface area (Å²) in [5, 5.41) is 2.98. The van der Waals surface area contributed by atoms with Crippen molar-refractivity contribution in [3.8, 4) is 5.75 Å². The predicted molar refractivity (Wildman–Crippen MR) is 83.2 cm³/mol. The summed E-state index contributed by atoms with van der Waals surface area (Å²) in [5.74, 6) is 0.437. The van der Waals surface area contributed by atoms with Crippen molar-refractivity contribution >= 4 is 27.3 Å². The van der Waals surface area contributed by atoms with Crippen molar-refractivity contribution < 1.29 is 13.2 Å². The third-order valence-corrected chi connectivity index (χ3v) is 4.77. The van der Waals surface area contributed by atoms with E-state index in [1.807, 2.05) is 6.92 Å². The van der Waals surface area contributed by atoms with E-state index in [0.717, 1.165) is 13.0 Å². The highest BCUT2D eigenvalue weighted by molar-refractivity contribution is 7.93. The van der Waals surface area contributed by atoms with Gasteiger partial charge in [-0.05, 0) is 38.1 Å². The molecule has 5 nitrogen and oxygen atoms in total. The van der Waals surface area contributed by atoms with E-state index in [4.69, 9.17) is 16.3 Å². The molecule has 20 heavy (non-hydrogen) atoms. The van der Waals surface area contributed by atoms with E-state index >= 15 is 0 Å². The van der Waals surface area contributed by atoms with Crippen molar-refractivity contribution in [1.29, 1.82) is 0 Å². The molecule has 0 radical (unpaired) electrons. The molecule has 0 aromatic heterocycles. The number of sulfonamides is 1. The highest BCUT2D eigenvalue weighted by atomic mass is 35.5. The fourth-order valence-electron chi connectivity index (χ4n) is 1.61. The van der Waals surface area contributed by atoms with Gasteiger partial charge < -0.3 is 10.1 Å². The minimum atomic E-state index is -3.49. The number of benzene rings is 1. The molecule has 0 spiro atoms. The molecule has 1 atom stereocenters. The maximum absolute atomic E-state index is 12.2. The van der Waals surface area contributed by atoms with Crippen LogP contribution in [0.5, 0.6) is 5.75 Å². The molecule has 114 valence electrons. The largest absolute Gasteiger partial charge is 0.495 e. The number of halogens is 1. The van der Waals surface area contributed by atoms with E-state index in [2.05, 4.69) is 10.0 Å². The first-order valence-electron chi connectivity index (χ1n) is 6.46. The molecule has 1 aromatic carbocycles. The van der Waals surface area contributed by atoms with Gasteiger partial charge in [0, 0.05) is 11.6 Å². The van der Waals surface area contributed by atoms with Gasteiger partial charge in [-0.25, -0.2) is 8.42 Å². The van der Waals surface area contributed by atoms with Gasteiger partial charge in [-0.3, -0.25) is 4.72 Å². The van der Waals surface area contributed by atoms with Gasteiger partial charge in [-0.2, -0.15) is 0 Å². The van der Waals surface area contributed by atoms with Gasteiger partial charge >= 0.3 is 0 Å². The van der Waals surface area contributed by atoms with Crippen molar-refractivity contribution in [2.24, 2.45) is 0 Å². The van der Waals surface area contributed by atoms with Crippen LogP contribution in [0.2, 0.25) is 5.02 Å². The number of rotatable bonds is 8. The molecular weight excluding hydrogens is 300 g/mol. The average Bonchev–Trinajstić information content (AvgIpc) is 2.38. The number of methoxy groups -OCH3 is 1. The van der Waals surface area contributed by atoms with E-state index in [1.165, 1.54) is 13.2 Å². The Kier molecular flexibility index (Phi) is 6.58. The lowest BCUT2D eigenvalue weighted by molar-refractivity contribution is 0.417. The predicted octanol–water partition coefficient (Wildman–Crippen LogP) is 2.48. The van der Waals surface area contributed by atoms with E-state index in [9.17, 15) is 8.42 Å². The molecule has 0 fully saturated rings. The van der Waals surface area contributed by atoms with Gasteiger partial charge in [-0.1, -0.05) is 18.5 Å². The fourth-order valence-corrected chi connectivity index (χ4v) is 2.78. The molecule has 0 heterocycles. The van der Waals surface area contributed by atoms with Crippen molar-refractivity contribution in [2.75, 3.05) is 24.9 Å². The Labute approximate surface area is 125 Å². The van der Waals surface area contributed by atoms with E-state index < -0.39 is 15.3 Å². The third kappa shape index (κ3) is 4.85. The maximum atomic E-state index is 12.2. The Morgan fingerprint density at radius 1 is 1.40 bits per heavy atom. The quantitative estimate of drug-likeness (QED) is 0.722. The number of ether oxygens (including phenoxy) is 1. The Balaban J connectivity index is 2.82. The van der Waals surface area contributed by atoms with Crippen LogP contribution in [0, 0.1) is 0 Å². The summed E-state index contributed by atoms with van der Waals surface area (Å²) >= 11 is 5.88. The molecule has 0 amide bonds.